The van der Waals surface area contributed by atoms with E-state index in [0.717, 1.165) is 36.8 Å². The summed E-state index contributed by atoms with van der Waals surface area (Å²) in [6, 6.07) is 8.49. The van der Waals surface area contributed by atoms with Crippen LogP contribution in [0.5, 0.6) is 0 Å². The summed E-state index contributed by atoms with van der Waals surface area (Å²) in [7, 11) is 0. The molecule has 0 amide bonds. The first-order valence-electron chi connectivity index (χ1n) is 7.66. The fourth-order valence-corrected chi connectivity index (χ4v) is 3.70. The molecule has 1 fully saturated rings. The molecule has 0 radical (unpaired) electrons. The molecule has 112 valence electrons. The topological polar surface area (TPSA) is 29.3 Å². The third-order valence-electron chi connectivity index (χ3n) is 5.03. The Bertz CT molecular complexity index is 553. The number of rotatable bonds is 2. The Morgan fingerprint density at radius 3 is 2.33 bits per heavy atom. The molecular formula is C18H23BrN2. The largest absolute Gasteiger partial charge is 0.321 e. The van der Waals surface area contributed by atoms with Gasteiger partial charge in [-0.15, -0.1) is 0 Å². The van der Waals surface area contributed by atoms with Gasteiger partial charge in [-0.25, -0.2) is 0 Å². The molecule has 1 saturated heterocycles. The molecule has 1 aliphatic carbocycles. The summed E-state index contributed by atoms with van der Waals surface area (Å²) in [6.45, 7) is 4.44. The first-order valence-corrected chi connectivity index (χ1v) is 8.46. The normalized spacial score (nSPS) is 28.7. The maximum atomic E-state index is 6.69. The van der Waals surface area contributed by atoms with E-state index in [1.807, 2.05) is 0 Å². The van der Waals surface area contributed by atoms with Crippen LogP contribution < -0.4 is 5.73 Å². The summed E-state index contributed by atoms with van der Waals surface area (Å²) in [6.07, 6.45) is 12.0. The Hall–Kier alpha value is -0.900. The van der Waals surface area contributed by atoms with Crippen LogP contribution in [0, 0.1) is 0 Å². The predicted molar refractivity (Wildman–Crippen MR) is 92.1 cm³/mol. The van der Waals surface area contributed by atoms with Gasteiger partial charge in [0.05, 0.1) is 0 Å². The van der Waals surface area contributed by atoms with Crippen molar-refractivity contribution in [2.75, 3.05) is 13.1 Å². The SMILES string of the molecule is CC1(N2CCC(N)(c3ccc(Br)cc3)CC2)C=CC=CC1. The van der Waals surface area contributed by atoms with Crippen molar-refractivity contribution in [3.05, 3.63) is 58.6 Å². The number of nitrogens with zero attached hydrogens (tertiary/aromatic N) is 1. The van der Waals surface area contributed by atoms with Gasteiger partial charge in [-0.3, -0.25) is 4.90 Å². The van der Waals surface area contributed by atoms with Gasteiger partial charge in [-0.2, -0.15) is 0 Å². The molecule has 2 nitrogen and oxygen atoms in total. The predicted octanol–water partition coefficient (Wildman–Crippen LogP) is 3.97. The fourth-order valence-electron chi connectivity index (χ4n) is 3.44. The highest BCUT2D eigenvalue weighted by atomic mass is 79.9. The van der Waals surface area contributed by atoms with E-state index < -0.39 is 0 Å². The molecule has 2 N–H and O–H groups in total. The van der Waals surface area contributed by atoms with Crippen LogP contribution in [-0.2, 0) is 5.54 Å². The van der Waals surface area contributed by atoms with Crippen molar-refractivity contribution in [1.29, 1.82) is 0 Å². The van der Waals surface area contributed by atoms with Crippen LogP contribution in [0.15, 0.2) is 53.0 Å². The first kappa shape index (κ1) is 15.0. The molecule has 1 aromatic rings. The maximum absolute atomic E-state index is 6.69. The summed E-state index contributed by atoms with van der Waals surface area (Å²) in [5, 5.41) is 0. The van der Waals surface area contributed by atoms with Crippen LogP contribution in [0.3, 0.4) is 0 Å². The lowest BCUT2D eigenvalue weighted by Crippen LogP contribution is -2.55. The van der Waals surface area contributed by atoms with E-state index in [1.54, 1.807) is 0 Å². The average molecular weight is 347 g/mol. The van der Waals surface area contributed by atoms with Crippen molar-refractivity contribution in [2.45, 2.75) is 37.3 Å². The molecule has 1 heterocycles. The van der Waals surface area contributed by atoms with Crippen molar-refractivity contribution in [2.24, 2.45) is 5.73 Å². The summed E-state index contributed by atoms with van der Waals surface area (Å²) >= 11 is 3.49. The minimum absolute atomic E-state index is 0.162. The lowest BCUT2D eigenvalue weighted by Gasteiger charge is -2.47. The Kier molecular flexibility index (Phi) is 4.08. The molecule has 0 saturated carbocycles. The zero-order chi connectivity index (χ0) is 14.9. The first-order chi connectivity index (χ1) is 10.0. The molecule has 3 heteroatoms. The van der Waals surface area contributed by atoms with Crippen molar-refractivity contribution in [3.8, 4) is 0 Å². The van der Waals surface area contributed by atoms with Crippen LogP contribution in [0.2, 0.25) is 0 Å². The Balaban J connectivity index is 1.71. The molecule has 0 spiro atoms. The third-order valence-corrected chi connectivity index (χ3v) is 5.56. The molecule has 1 unspecified atom stereocenters. The van der Waals surface area contributed by atoms with E-state index in [1.165, 1.54) is 5.56 Å². The van der Waals surface area contributed by atoms with Crippen LogP contribution >= 0.6 is 15.9 Å². The highest BCUT2D eigenvalue weighted by Crippen LogP contribution is 2.35. The number of likely N-dealkylation sites (tertiary alicyclic amines) is 1. The zero-order valence-corrected chi connectivity index (χ0v) is 14.1. The molecule has 1 atom stereocenters. The maximum Gasteiger partial charge on any atom is 0.0434 e. The second-order valence-corrected chi connectivity index (χ2v) is 7.41. The summed E-state index contributed by atoms with van der Waals surface area (Å²) in [5.74, 6) is 0. The Morgan fingerprint density at radius 2 is 1.76 bits per heavy atom. The quantitative estimate of drug-likeness (QED) is 0.877. The standard InChI is InChI=1S/C18H23BrN2/c1-17(9-3-2-4-10-17)21-13-11-18(20,12-14-21)15-5-7-16(19)8-6-15/h2-9H,10-14,20H2,1H3. The van der Waals surface area contributed by atoms with Gasteiger partial charge in [-0.05, 0) is 43.9 Å². The van der Waals surface area contributed by atoms with Gasteiger partial charge in [0.1, 0.15) is 0 Å². The smallest absolute Gasteiger partial charge is 0.0434 e. The summed E-state index contributed by atoms with van der Waals surface area (Å²) in [5.41, 5.74) is 7.93. The number of hydrogen-bond acceptors (Lipinski definition) is 2. The van der Waals surface area contributed by atoms with Gasteiger partial charge in [0.2, 0.25) is 0 Å². The number of halogens is 1. The number of hydrogen-bond donors (Lipinski definition) is 1. The monoisotopic (exact) mass is 346 g/mol. The summed E-state index contributed by atoms with van der Waals surface area (Å²) in [4.78, 5) is 2.58. The Morgan fingerprint density at radius 1 is 1.10 bits per heavy atom. The highest BCUT2D eigenvalue weighted by Gasteiger charge is 2.38. The van der Waals surface area contributed by atoms with Gasteiger partial charge >= 0.3 is 0 Å². The van der Waals surface area contributed by atoms with Gasteiger partial charge in [0.25, 0.3) is 0 Å². The van der Waals surface area contributed by atoms with Crippen molar-refractivity contribution in [3.63, 3.8) is 0 Å². The molecular weight excluding hydrogens is 324 g/mol. The van der Waals surface area contributed by atoms with Crippen LogP contribution in [0.1, 0.15) is 31.7 Å². The van der Waals surface area contributed by atoms with Crippen molar-refractivity contribution < 1.29 is 0 Å². The van der Waals surface area contributed by atoms with E-state index in [2.05, 4.69) is 76.3 Å². The van der Waals surface area contributed by atoms with E-state index in [9.17, 15) is 0 Å². The molecule has 2 aliphatic rings. The second-order valence-electron chi connectivity index (χ2n) is 6.50. The molecule has 1 aromatic carbocycles. The molecule has 21 heavy (non-hydrogen) atoms. The molecule has 0 bridgehead atoms. The number of nitrogens with two attached hydrogens (primary N) is 1. The van der Waals surface area contributed by atoms with Crippen molar-refractivity contribution >= 4 is 15.9 Å². The molecule has 1 aliphatic heterocycles. The minimum Gasteiger partial charge on any atom is -0.321 e. The lowest BCUT2D eigenvalue weighted by molar-refractivity contribution is 0.0828. The highest BCUT2D eigenvalue weighted by molar-refractivity contribution is 9.10. The van der Waals surface area contributed by atoms with E-state index in [0.29, 0.717) is 0 Å². The Labute approximate surface area is 135 Å². The van der Waals surface area contributed by atoms with Gasteiger partial charge in [-0.1, -0.05) is 52.4 Å². The third kappa shape index (κ3) is 3.01. The van der Waals surface area contributed by atoms with Gasteiger partial charge < -0.3 is 5.73 Å². The lowest BCUT2D eigenvalue weighted by atomic mass is 9.79. The zero-order valence-electron chi connectivity index (χ0n) is 12.6. The number of piperidine rings is 1. The fraction of sp³-hybridized carbons (Fsp3) is 0.444. The minimum atomic E-state index is -0.179. The summed E-state index contributed by atoms with van der Waals surface area (Å²) < 4.78 is 1.11. The van der Waals surface area contributed by atoms with Crippen LogP contribution in [0.4, 0.5) is 0 Å². The van der Waals surface area contributed by atoms with Crippen LogP contribution in [0.25, 0.3) is 0 Å². The second kappa shape index (κ2) is 5.71. The number of benzene rings is 1. The van der Waals surface area contributed by atoms with E-state index in [-0.39, 0.29) is 11.1 Å². The molecule has 0 aromatic heterocycles. The van der Waals surface area contributed by atoms with Crippen LogP contribution in [-0.4, -0.2) is 23.5 Å². The van der Waals surface area contributed by atoms with Gasteiger partial charge in [0, 0.05) is 28.6 Å². The average Bonchev–Trinajstić information content (AvgIpc) is 2.49. The van der Waals surface area contributed by atoms with E-state index in [4.69, 9.17) is 5.73 Å². The number of allylic oxidation sites excluding steroid dienone is 2. The molecule has 3 rings (SSSR count). The van der Waals surface area contributed by atoms with Crippen molar-refractivity contribution in [1.82, 2.24) is 4.90 Å². The van der Waals surface area contributed by atoms with E-state index >= 15 is 0 Å². The van der Waals surface area contributed by atoms with Gasteiger partial charge in [0.15, 0.2) is 0 Å².